The predicted octanol–water partition coefficient (Wildman–Crippen LogP) is 0.941. The highest BCUT2D eigenvalue weighted by Crippen LogP contribution is 2.27. The topological polar surface area (TPSA) is 93.5 Å². The van der Waals surface area contributed by atoms with Crippen molar-refractivity contribution in [2.45, 2.75) is 13.3 Å². The molecule has 0 atom stereocenters. The number of hydrogen-bond acceptors (Lipinski definition) is 4. The first-order valence-electron chi connectivity index (χ1n) is 5.58. The van der Waals surface area contributed by atoms with Crippen molar-refractivity contribution >= 4 is 23.2 Å². The lowest BCUT2D eigenvalue weighted by atomic mass is 10.2. The molecule has 0 aliphatic rings. The number of benzene rings is 1. The molecule has 0 saturated carbocycles. The van der Waals surface area contributed by atoms with E-state index in [4.69, 9.17) is 10.5 Å². The number of hydrogen-bond donors (Lipinski definition) is 3. The fraction of sp³-hybridized carbons (Fsp3) is 0.333. The Morgan fingerprint density at radius 3 is 2.56 bits per heavy atom. The average Bonchev–Trinajstić information content (AvgIpc) is 2.38. The van der Waals surface area contributed by atoms with Crippen molar-refractivity contribution in [2.75, 3.05) is 24.3 Å². The number of nitrogens with one attached hydrogen (secondary N) is 2. The Kier molecular flexibility index (Phi) is 5.13. The van der Waals surface area contributed by atoms with Crippen LogP contribution in [-0.4, -0.2) is 25.5 Å². The summed E-state index contributed by atoms with van der Waals surface area (Å²) in [5.41, 5.74) is 6.30. The standard InChI is InChI=1S/C12H17N3O3/c1-3-11(16)14-8-4-5-10(18-2)9(6-8)15-12(17)7-13/h4-6H,3,7,13H2,1-2H3,(H,14,16)(H,15,17). The van der Waals surface area contributed by atoms with Crippen molar-refractivity contribution in [3.63, 3.8) is 0 Å². The van der Waals surface area contributed by atoms with E-state index in [9.17, 15) is 9.59 Å². The quantitative estimate of drug-likeness (QED) is 0.726. The van der Waals surface area contributed by atoms with Crippen molar-refractivity contribution < 1.29 is 14.3 Å². The first-order chi connectivity index (χ1) is 8.60. The lowest BCUT2D eigenvalue weighted by Crippen LogP contribution is -2.22. The summed E-state index contributed by atoms with van der Waals surface area (Å²) in [7, 11) is 1.50. The summed E-state index contributed by atoms with van der Waals surface area (Å²) >= 11 is 0. The molecule has 0 unspecified atom stereocenters. The van der Waals surface area contributed by atoms with E-state index in [0.29, 0.717) is 23.5 Å². The van der Waals surface area contributed by atoms with Crippen LogP contribution >= 0.6 is 0 Å². The minimum atomic E-state index is -0.327. The molecule has 2 amide bonds. The SMILES string of the molecule is CCC(=O)Nc1ccc(OC)c(NC(=O)CN)c1. The van der Waals surface area contributed by atoms with E-state index in [1.807, 2.05) is 0 Å². The highest BCUT2D eigenvalue weighted by Gasteiger charge is 2.08. The Bertz CT molecular complexity index is 446. The molecule has 1 aromatic rings. The van der Waals surface area contributed by atoms with E-state index < -0.39 is 0 Å². The smallest absolute Gasteiger partial charge is 0.238 e. The van der Waals surface area contributed by atoms with E-state index in [0.717, 1.165) is 0 Å². The van der Waals surface area contributed by atoms with Gasteiger partial charge in [0.05, 0.1) is 19.3 Å². The van der Waals surface area contributed by atoms with E-state index >= 15 is 0 Å². The van der Waals surface area contributed by atoms with Crippen LogP contribution in [0.2, 0.25) is 0 Å². The molecule has 18 heavy (non-hydrogen) atoms. The molecule has 0 aromatic heterocycles. The Morgan fingerprint density at radius 1 is 1.28 bits per heavy atom. The van der Waals surface area contributed by atoms with Gasteiger partial charge in [0.25, 0.3) is 0 Å². The van der Waals surface area contributed by atoms with Gasteiger partial charge in [0.2, 0.25) is 11.8 Å². The second-order valence-corrected chi connectivity index (χ2v) is 3.57. The molecule has 0 spiro atoms. The van der Waals surface area contributed by atoms with Crippen LogP contribution in [0.3, 0.4) is 0 Å². The van der Waals surface area contributed by atoms with Crippen LogP contribution in [0, 0.1) is 0 Å². The first kappa shape index (κ1) is 14.0. The Balaban J connectivity index is 2.94. The molecule has 1 aromatic carbocycles. The third-order valence-corrected chi connectivity index (χ3v) is 2.26. The molecule has 1 rings (SSSR count). The molecular formula is C12H17N3O3. The first-order valence-corrected chi connectivity index (χ1v) is 5.58. The summed E-state index contributed by atoms with van der Waals surface area (Å²) in [6, 6.07) is 4.99. The van der Waals surface area contributed by atoms with Crippen LogP contribution in [0.5, 0.6) is 5.75 Å². The van der Waals surface area contributed by atoms with Gasteiger partial charge in [-0.2, -0.15) is 0 Å². The number of ether oxygens (including phenoxy) is 1. The number of carbonyl (C=O) groups excluding carboxylic acids is 2. The maximum Gasteiger partial charge on any atom is 0.238 e. The predicted molar refractivity (Wildman–Crippen MR) is 69.6 cm³/mol. The second-order valence-electron chi connectivity index (χ2n) is 3.57. The maximum absolute atomic E-state index is 11.3. The molecular weight excluding hydrogens is 234 g/mol. The zero-order chi connectivity index (χ0) is 13.5. The van der Waals surface area contributed by atoms with Crippen LogP contribution in [0.15, 0.2) is 18.2 Å². The zero-order valence-electron chi connectivity index (χ0n) is 10.4. The van der Waals surface area contributed by atoms with E-state index in [2.05, 4.69) is 10.6 Å². The fourth-order valence-electron chi connectivity index (χ4n) is 1.33. The van der Waals surface area contributed by atoms with Crippen molar-refractivity contribution in [1.29, 1.82) is 0 Å². The maximum atomic E-state index is 11.3. The molecule has 0 aliphatic heterocycles. The third-order valence-electron chi connectivity index (χ3n) is 2.26. The highest BCUT2D eigenvalue weighted by molar-refractivity contribution is 5.96. The largest absolute Gasteiger partial charge is 0.495 e. The van der Waals surface area contributed by atoms with Crippen molar-refractivity contribution in [3.05, 3.63) is 18.2 Å². The monoisotopic (exact) mass is 251 g/mol. The molecule has 6 nitrogen and oxygen atoms in total. The number of rotatable bonds is 5. The lowest BCUT2D eigenvalue weighted by Gasteiger charge is -2.12. The van der Waals surface area contributed by atoms with Gasteiger partial charge in [0.1, 0.15) is 5.75 Å². The second kappa shape index (κ2) is 6.61. The van der Waals surface area contributed by atoms with Gasteiger partial charge in [0.15, 0.2) is 0 Å². The normalized spacial score (nSPS) is 9.72. The van der Waals surface area contributed by atoms with Gasteiger partial charge in [-0.1, -0.05) is 6.92 Å². The molecule has 0 fully saturated rings. The summed E-state index contributed by atoms with van der Waals surface area (Å²) in [6.45, 7) is 1.64. The van der Waals surface area contributed by atoms with E-state index in [1.165, 1.54) is 7.11 Å². The lowest BCUT2D eigenvalue weighted by molar-refractivity contribution is -0.116. The summed E-state index contributed by atoms with van der Waals surface area (Å²) in [5.74, 6) is 0.0785. The number of amides is 2. The van der Waals surface area contributed by atoms with Crippen LogP contribution in [0.4, 0.5) is 11.4 Å². The fourth-order valence-corrected chi connectivity index (χ4v) is 1.33. The van der Waals surface area contributed by atoms with Crippen LogP contribution < -0.4 is 21.1 Å². The zero-order valence-corrected chi connectivity index (χ0v) is 10.4. The molecule has 98 valence electrons. The molecule has 0 radical (unpaired) electrons. The molecule has 0 heterocycles. The van der Waals surface area contributed by atoms with Crippen LogP contribution in [0.1, 0.15) is 13.3 Å². The van der Waals surface area contributed by atoms with Crippen molar-refractivity contribution in [3.8, 4) is 5.75 Å². The molecule has 4 N–H and O–H groups in total. The van der Waals surface area contributed by atoms with E-state index in [1.54, 1.807) is 25.1 Å². The summed E-state index contributed by atoms with van der Waals surface area (Å²) in [4.78, 5) is 22.5. The van der Waals surface area contributed by atoms with Gasteiger partial charge in [-0.25, -0.2) is 0 Å². The molecule has 0 bridgehead atoms. The summed E-state index contributed by atoms with van der Waals surface area (Å²) in [5, 5.41) is 5.30. The van der Waals surface area contributed by atoms with Gasteiger partial charge in [0, 0.05) is 12.1 Å². The number of carbonyl (C=O) groups is 2. The van der Waals surface area contributed by atoms with Crippen molar-refractivity contribution in [1.82, 2.24) is 0 Å². The van der Waals surface area contributed by atoms with Crippen LogP contribution in [0.25, 0.3) is 0 Å². The number of anilines is 2. The third kappa shape index (κ3) is 3.74. The van der Waals surface area contributed by atoms with Gasteiger partial charge >= 0.3 is 0 Å². The summed E-state index contributed by atoms with van der Waals surface area (Å²) in [6.07, 6.45) is 0.385. The van der Waals surface area contributed by atoms with Gasteiger partial charge < -0.3 is 21.1 Å². The summed E-state index contributed by atoms with van der Waals surface area (Å²) < 4.78 is 5.11. The van der Waals surface area contributed by atoms with Gasteiger partial charge in [-0.3, -0.25) is 9.59 Å². The Hall–Kier alpha value is -2.08. The number of nitrogens with two attached hydrogens (primary N) is 1. The molecule has 0 aliphatic carbocycles. The van der Waals surface area contributed by atoms with Gasteiger partial charge in [-0.15, -0.1) is 0 Å². The van der Waals surface area contributed by atoms with Crippen LogP contribution in [-0.2, 0) is 9.59 Å². The average molecular weight is 251 g/mol. The van der Waals surface area contributed by atoms with Crippen molar-refractivity contribution in [2.24, 2.45) is 5.73 Å². The molecule has 0 saturated heterocycles. The molecule has 6 heteroatoms. The van der Waals surface area contributed by atoms with Gasteiger partial charge in [-0.05, 0) is 18.2 Å². The Labute approximate surface area is 105 Å². The highest BCUT2D eigenvalue weighted by atomic mass is 16.5. The minimum Gasteiger partial charge on any atom is -0.495 e. The number of methoxy groups -OCH3 is 1. The minimum absolute atomic E-state index is 0.101. The Morgan fingerprint density at radius 2 is 2.00 bits per heavy atom. The van der Waals surface area contributed by atoms with E-state index in [-0.39, 0.29) is 18.4 Å².